The Morgan fingerprint density at radius 3 is 2.36 bits per heavy atom. The van der Waals surface area contributed by atoms with Gasteiger partial charge in [0.1, 0.15) is 0 Å². The molecule has 1 aromatic carbocycles. The molecule has 0 atom stereocenters. The third-order valence-corrected chi connectivity index (χ3v) is 2.06. The zero-order chi connectivity index (χ0) is 10.6. The molecule has 14 heavy (non-hydrogen) atoms. The zero-order valence-electron chi connectivity index (χ0n) is 8.59. The molecular weight excluding hydrogens is 174 g/mol. The molecule has 74 valence electrons. The van der Waals surface area contributed by atoms with Crippen LogP contribution in [0.25, 0.3) is 0 Å². The molecule has 0 unspecified atom stereocenters. The van der Waals surface area contributed by atoms with Crippen LogP contribution in [0.15, 0.2) is 12.1 Å². The van der Waals surface area contributed by atoms with Crippen molar-refractivity contribution in [3.05, 3.63) is 28.8 Å². The Labute approximate surface area is 84.8 Å². The molecule has 0 spiro atoms. The Morgan fingerprint density at radius 1 is 1.29 bits per heavy atom. The molecule has 0 amide bonds. The summed E-state index contributed by atoms with van der Waals surface area (Å²) in [6.07, 6.45) is 0.516. The second kappa shape index (κ2) is 4.69. The third kappa shape index (κ3) is 2.51. The van der Waals surface area contributed by atoms with Crippen molar-refractivity contribution in [1.29, 1.82) is 0 Å². The van der Waals surface area contributed by atoms with Gasteiger partial charge >= 0.3 is 0 Å². The first kappa shape index (κ1) is 10.6. The predicted octanol–water partition coefficient (Wildman–Crippen LogP) is 1.62. The molecule has 0 fully saturated rings. The lowest BCUT2D eigenvalue weighted by Crippen LogP contribution is -1.94. The van der Waals surface area contributed by atoms with Crippen LogP contribution in [0.3, 0.4) is 0 Å². The van der Waals surface area contributed by atoms with E-state index >= 15 is 0 Å². The minimum Gasteiger partial charge on any atom is -0.398 e. The zero-order valence-corrected chi connectivity index (χ0v) is 8.59. The van der Waals surface area contributed by atoms with Gasteiger partial charge in [0.15, 0.2) is 0 Å². The first-order valence-corrected chi connectivity index (χ1v) is 4.61. The lowest BCUT2D eigenvalue weighted by molar-refractivity contribution is 0.305. The van der Waals surface area contributed by atoms with Crippen LogP contribution in [0.5, 0.6) is 0 Å². The van der Waals surface area contributed by atoms with Crippen LogP contribution in [-0.2, 0) is 0 Å². The van der Waals surface area contributed by atoms with Crippen molar-refractivity contribution in [3.8, 4) is 11.8 Å². The molecule has 0 heterocycles. The average Bonchev–Trinajstić information content (AvgIpc) is 2.14. The van der Waals surface area contributed by atoms with Gasteiger partial charge in [0.05, 0.1) is 6.61 Å². The number of aliphatic hydroxyl groups is 1. The lowest BCUT2D eigenvalue weighted by atomic mass is 10.1. The fourth-order valence-corrected chi connectivity index (χ4v) is 1.27. The molecule has 0 aliphatic heterocycles. The van der Waals surface area contributed by atoms with Crippen LogP contribution in [-0.4, -0.2) is 11.7 Å². The molecule has 2 nitrogen and oxygen atoms in total. The Balaban J connectivity index is 2.97. The van der Waals surface area contributed by atoms with Crippen LogP contribution in [0.1, 0.15) is 23.1 Å². The van der Waals surface area contributed by atoms with E-state index < -0.39 is 0 Å². The van der Waals surface area contributed by atoms with Crippen molar-refractivity contribution in [2.24, 2.45) is 0 Å². The highest BCUT2D eigenvalue weighted by Gasteiger charge is 1.98. The van der Waals surface area contributed by atoms with E-state index in [0.717, 1.165) is 22.4 Å². The number of hydrogen-bond donors (Lipinski definition) is 2. The Hall–Kier alpha value is -1.46. The number of nitrogens with two attached hydrogens (primary N) is 1. The van der Waals surface area contributed by atoms with Crippen LogP contribution in [0.2, 0.25) is 0 Å². The van der Waals surface area contributed by atoms with Crippen molar-refractivity contribution in [1.82, 2.24) is 0 Å². The summed E-state index contributed by atoms with van der Waals surface area (Å²) in [6.45, 7) is 4.05. The van der Waals surface area contributed by atoms with E-state index in [1.807, 2.05) is 26.0 Å². The van der Waals surface area contributed by atoms with Gasteiger partial charge in [-0.3, -0.25) is 0 Å². The molecule has 0 saturated carbocycles. The fraction of sp³-hybridized carbons (Fsp3) is 0.333. The monoisotopic (exact) mass is 189 g/mol. The number of anilines is 1. The van der Waals surface area contributed by atoms with Gasteiger partial charge in [-0.1, -0.05) is 11.8 Å². The van der Waals surface area contributed by atoms with Crippen LogP contribution in [0.4, 0.5) is 5.69 Å². The smallest absolute Gasteiger partial charge is 0.0540 e. The largest absolute Gasteiger partial charge is 0.398 e. The first-order chi connectivity index (χ1) is 6.65. The molecule has 3 N–H and O–H groups in total. The number of aryl methyl sites for hydroxylation is 2. The second-order valence-electron chi connectivity index (χ2n) is 3.30. The summed E-state index contributed by atoms with van der Waals surface area (Å²) in [5.74, 6) is 5.87. The summed E-state index contributed by atoms with van der Waals surface area (Å²) in [4.78, 5) is 0. The van der Waals surface area contributed by atoms with Crippen LogP contribution in [0, 0.1) is 25.7 Å². The van der Waals surface area contributed by atoms with Gasteiger partial charge < -0.3 is 10.8 Å². The minimum absolute atomic E-state index is 0.111. The van der Waals surface area contributed by atoms with Crippen molar-refractivity contribution < 1.29 is 5.11 Å². The number of nitrogen functional groups attached to an aromatic ring is 1. The summed E-state index contributed by atoms with van der Waals surface area (Å²) >= 11 is 0. The minimum atomic E-state index is 0.111. The van der Waals surface area contributed by atoms with Gasteiger partial charge in [-0.2, -0.15) is 0 Å². The quantitative estimate of drug-likeness (QED) is 0.521. The molecule has 0 saturated heterocycles. The summed E-state index contributed by atoms with van der Waals surface area (Å²) in [7, 11) is 0. The van der Waals surface area contributed by atoms with Crippen molar-refractivity contribution in [3.63, 3.8) is 0 Å². The molecule has 0 radical (unpaired) electrons. The van der Waals surface area contributed by atoms with Crippen LogP contribution >= 0.6 is 0 Å². The second-order valence-corrected chi connectivity index (χ2v) is 3.30. The van der Waals surface area contributed by atoms with Gasteiger partial charge in [-0.25, -0.2) is 0 Å². The first-order valence-electron chi connectivity index (χ1n) is 4.61. The van der Waals surface area contributed by atoms with Gasteiger partial charge in [0.2, 0.25) is 0 Å². The third-order valence-electron chi connectivity index (χ3n) is 2.06. The standard InChI is InChI=1S/C12H15NO/c1-9-7-11(5-3-4-6-14)8-10(2)12(9)13/h7-8,14H,4,6,13H2,1-2H3. The molecule has 0 aliphatic carbocycles. The maximum absolute atomic E-state index is 8.58. The number of rotatable bonds is 1. The lowest BCUT2D eigenvalue weighted by Gasteiger charge is -2.04. The molecule has 0 aliphatic rings. The Morgan fingerprint density at radius 2 is 1.86 bits per heavy atom. The van der Waals surface area contributed by atoms with Crippen molar-refractivity contribution in [2.45, 2.75) is 20.3 Å². The molecule has 1 rings (SSSR count). The van der Waals surface area contributed by atoms with Crippen LogP contribution < -0.4 is 5.73 Å². The van der Waals surface area contributed by atoms with Gasteiger partial charge in [-0.05, 0) is 37.1 Å². The van der Waals surface area contributed by atoms with E-state index in [-0.39, 0.29) is 6.61 Å². The predicted molar refractivity (Wildman–Crippen MR) is 58.9 cm³/mol. The highest BCUT2D eigenvalue weighted by Crippen LogP contribution is 2.17. The molecule has 2 heteroatoms. The normalized spacial score (nSPS) is 9.36. The molecule has 0 aromatic heterocycles. The fourth-order valence-electron chi connectivity index (χ4n) is 1.27. The number of benzene rings is 1. The summed E-state index contributed by atoms with van der Waals surface area (Å²) in [5.41, 5.74) is 9.72. The van der Waals surface area contributed by atoms with Crippen molar-refractivity contribution in [2.75, 3.05) is 12.3 Å². The van der Waals surface area contributed by atoms with E-state index in [0.29, 0.717) is 6.42 Å². The summed E-state index contributed by atoms with van der Waals surface area (Å²) in [6, 6.07) is 3.93. The van der Waals surface area contributed by atoms with E-state index in [4.69, 9.17) is 10.8 Å². The van der Waals surface area contributed by atoms with E-state index in [1.54, 1.807) is 0 Å². The SMILES string of the molecule is Cc1cc(C#CCCO)cc(C)c1N. The van der Waals surface area contributed by atoms with Gasteiger partial charge in [-0.15, -0.1) is 0 Å². The average molecular weight is 189 g/mol. The maximum Gasteiger partial charge on any atom is 0.0540 e. The highest BCUT2D eigenvalue weighted by atomic mass is 16.2. The van der Waals surface area contributed by atoms with Gasteiger partial charge in [0.25, 0.3) is 0 Å². The molecular formula is C12H15NO. The molecule has 0 bridgehead atoms. The summed E-state index contributed by atoms with van der Waals surface area (Å²) < 4.78 is 0. The Bertz CT molecular complexity index is 362. The van der Waals surface area contributed by atoms with E-state index in [2.05, 4.69) is 11.8 Å². The van der Waals surface area contributed by atoms with Crippen molar-refractivity contribution >= 4 is 5.69 Å². The topological polar surface area (TPSA) is 46.2 Å². The maximum atomic E-state index is 8.58. The van der Waals surface area contributed by atoms with E-state index in [1.165, 1.54) is 0 Å². The number of hydrogen-bond acceptors (Lipinski definition) is 2. The van der Waals surface area contributed by atoms with E-state index in [9.17, 15) is 0 Å². The van der Waals surface area contributed by atoms with Gasteiger partial charge in [0, 0.05) is 17.7 Å². The molecule has 1 aromatic rings. The Kier molecular flexibility index (Phi) is 3.55. The number of aliphatic hydroxyl groups excluding tert-OH is 1. The highest BCUT2D eigenvalue weighted by molar-refractivity contribution is 5.57. The summed E-state index contributed by atoms with van der Waals surface area (Å²) in [5, 5.41) is 8.58.